The largest absolute Gasteiger partial charge is 0.386 e. The van der Waals surface area contributed by atoms with Crippen molar-refractivity contribution in [2.45, 2.75) is 26.0 Å². The second-order valence-corrected chi connectivity index (χ2v) is 5.68. The number of carbonyl (C=O) groups is 1. The Hall–Kier alpha value is -1.99. The van der Waals surface area contributed by atoms with Gasteiger partial charge in [0.1, 0.15) is 11.5 Å². The lowest BCUT2D eigenvalue weighted by Gasteiger charge is -2.20. The van der Waals surface area contributed by atoms with Crippen LogP contribution < -0.4 is 10.6 Å². The maximum atomic E-state index is 12.9. The lowest BCUT2D eigenvalue weighted by Crippen LogP contribution is -2.37. The molecule has 0 spiro atoms. The van der Waals surface area contributed by atoms with Crippen molar-refractivity contribution in [2.75, 3.05) is 11.9 Å². The highest BCUT2D eigenvalue weighted by Gasteiger charge is 2.20. The van der Waals surface area contributed by atoms with E-state index in [1.165, 1.54) is 35.6 Å². The molecule has 2 aromatic rings. The second kappa shape index (κ2) is 7.33. The minimum Gasteiger partial charge on any atom is -0.386 e. The first-order valence-electron chi connectivity index (χ1n) is 6.95. The van der Waals surface area contributed by atoms with Crippen LogP contribution in [0.1, 0.15) is 36.0 Å². The van der Waals surface area contributed by atoms with Gasteiger partial charge < -0.3 is 15.7 Å². The van der Waals surface area contributed by atoms with Crippen LogP contribution >= 0.6 is 11.3 Å². The van der Waals surface area contributed by atoms with Gasteiger partial charge in [-0.2, -0.15) is 0 Å². The topological polar surface area (TPSA) is 74.2 Å². The van der Waals surface area contributed by atoms with Crippen molar-refractivity contribution < 1.29 is 14.3 Å². The molecule has 0 aliphatic heterocycles. The van der Waals surface area contributed by atoms with Gasteiger partial charge in [0.2, 0.25) is 0 Å². The number of hydrogen-bond donors (Lipinski definition) is 3. The molecule has 2 atom stereocenters. The molecule has 0 radical (unpaired) electrons. The van der Waals surface area contributed by atoms with Gasteiger partial charge >= 0.3 is 0 Å². The van der Waals surface area contributed by atoms with Crippen molar-refractivity contribution in [1.82, 2.24) is 10.3 Å². The number of aliphatic hydroxyl groups excluding tert-OH is 1. The van der Waals surface area contributed by atoms with Crippen molar-refractivity contribution in [3.63, 3.8) is 0 Å². The highest BCUT2D eigenvalue weighted by molar-refractivity contribution is 7.13. The van der Waals surface area contributed by atoms with E-state index in [1.807, 2.05) is 6.92 Å². The molecule has 0 saturated heterocycles. The fourth-order valence-corrected chi connectivity index (χ4v) is 2.68. The summed E-state index contributed by atoms with van der Waals surface area (Å²) in [4.78, 5) is 16.3. The number of thiazole rings is 1. The van der Waals surface area contributed by atoms with E-state index in [4.69, 9.17) is 0 Å². The van der Waals surface area contributed by atoms with E-state index < -0.39 is 12.1 Å². The molecule has 1 aromatic carbocycles. The van der Waals surface area contributed by atoms with E-state index >= 15 is 0 Å². The molecule has 22 heavy (non-hydrogen) atoms. The summed E-state index contributed by atoms with van der Waals surface area (Å²) < 4.78 is 12.9. The van der Waals surface area contributed by atoms with E-state index in [-0.39, 0.29) is 11.7 Å². The number of aliphatic hydroxyl groups is 1. The lowest BCUT2D eigenvalue weighted by molar-refractivity contribution is 0.0848. The third kappa shape index (κ3) is 4.02. The molecule has 118 valence electrons. The summed E-state index contributed by atoms with van der Waals surface area (Å²) in [6.45, 7) is 4.36. The number of nitrogens with one attached hydrogen (secondary N) is 2. The molecule has 0 saturated carbocycles. The van der Waals surface area contributed by atoms with Gasteiger partial charge in [0.25, 0.3) is 5.91 Å². The highest BCUT2D eigenvalue weighted by Crippen LogP contribution is 2.19. The zero-order valence-corrected chi connectivity index (χ0v) is 13.2. The summed E-state index contributed by atoms with van der Waals surface area (Å²) in [7, 11) is 0. The third-order valence-electron chi connectivity index (χ3n) is 3.11. The number of anilines is 1. The molecule has 7 heteroatoms. The Kier molecular flexibility index (Phi) is 5.46. The number of carbonyl (C=O) groups excluding carboxylic acids is 1. The number of amides is 1. The van der Waals surface area contributed by atoms with Gasteiger partial charge in [-0.05, 0) is 31.5 Å². The molecule has 0 aliphatic carbocycles. The van der Waals surface area contributed by atoms with Gasteiger partial charge in [0.05, 0.1) is 12.1 Å². The van der Waals surface area contributed by atoms with Crippen LogP contribution in [0.2, 0.25) is 0 Å². The number of hydrogen-bond acceptors (Lipinski definition) is 5. The molecule has 0 fully saturated rings. The fraction of sp³-hybridized carbons (Fsp3) is 0.333. The van der Waals surface area contributed by atoms with Crippen LogP contribution in [0.3, 0.4) is 0 Å². The van der Waals surface area contributed by atoms with Crippen LogP contribution in [0.5, 0.6) is 0 Å². The van der Waals surface area contributed by atoms with Gasteiger partial charge in [0.15, 0.2) is 5.13 Å². The van der Waals surface area contributed by atoms with E-state index in [2.05, 4.69) is 15.6 Å². The first kappa shape index (κ1) is 16.4. The third-order valence-corrected chi connectivity index (χ3v) is 3.91. The number of benzene rings is 1. The van der Waals surface area contributed by atoms with Crippen LogP contribution in [0.15, 0.2) is 29.6 Å². The fourth-order valence-electron chi connectivity index (χ4n) is 1.92. The Morgan fingerprint density at radius 2 is 2.09 bits per heavy atom. The smallest absolute Gasteiger partial charge is 0.271 e. The quantitative estimate of drug-likeness (QED) is 0.764. The summed E-state index contributed by atoms with van der Waals surface area (Å²) in [6.07, 6.45) is -0.920. The van der Waals surface area contributed by atoms with E-state index in [0.717, 1.165) is 6.54 Å². The molecule has 3 N–H and O–H groups in total. The van der Waals surface area contributed by atoms with Crippen LogP contribution in [0.4, 0.5) is 9.52 Å². The Labute approximate surface area is 132 Å². The molecule has 1 aromatic heterocycles. The molecule has 0 bridgehead atoms. The van der Waals surface area contributed by atoms with E-state index in [0.29, 0.717) is 16.4 Å². The first-order valence-corrected chi connectivity index (χ1v) is 7.83. The van der Waals surface area contributed by atoms with Crippen LogP contribution in [0, 0.1) is 5.82 Å². The molecule has 1 heterocycles. The summed E-state index contributed by atoms with van der Waals surface area (Å²) in [5, 5.41) is 18.3. The Bertz CT molecular complexity index is 630. The number of halogens is 1. The average Bonchev–Trinajstić information content (AvgIpc) is 2.96. The standard InChI is InChI=1S/C15H18FN3O2S/c1-3-17-15-19-12(8-22-15)14(21)18-9(2)13(20)10-4-6-11(16)7-5-10/h4-9,13,20H,3H2,1-2H3,(H,17,19)(H,18,21)/t9-,13-/m1/s1. The maximum Gasteiger partial charge on any atom is 0.271 e. The molecular formula is C15H18FN3O2S. The molecule has 1 amide bonds. The lowest BCUT2D eigenvalue weighted by atomic mass is 10.0. The monoisotopic (exact) mass is 323 g/mol. The summed E-state index contributed by atoms with van der Waals surface area (Å²) in [5.41, 5.74) is 0.847. The first-order chi connectivity index (χ1) is 10.5. The van der Waals surface area contributed by atoms with Crippen LogP contribution in [0.25, 0.3) is 0 Å². The zero-order chi connectivity index (χ0) is 16.1. The Balaban J connectivity index is 1.99. The van der Waals surface area contributed by atoms with Crippen molar-refractivity contribution >= 4 is 22.4 Å². The normalized spacial score (nSPS) is 13.5. The number of nitrogens with zero attached hydrogens (tertiary/aromatic N) is 1. The zero-order valence-electron chi connectivity index (χ0n) is 12.3. The molecule has 2 rings (SSSR count). The molecule has 0 unspecified atom stereocenters. The maximum absolute atomic E-state index is 12.9. The highest BCUT2D eigenvalue weighted by atomic mass is 32.1. The van der Waals surface area contributed by atoms with Crippen molar-refractivity contribution in [3.05, 3.63) is 46.7 Å². The van der Waals surface area contributed by atoms with Crippen LogP contribution in [-0.4, -0.2) is 28.6 Å². The molecular weight excluding hydrogens is 305 g/mol. The molecule has 0 aliphatic rings. The number of rotatable bonds is 6. The molecule has 5 nitrogen and oxygen atoms in total. The summed E-state index contributed by atoms with van der Waals surface area (Å²) in [6, 6.07) is 5.01. The van der Waals surface area contributed by atoms with Gasteiger partial charge in [-0.1, -0.05) is 12.1 Å². The average molecular weight is 323 g/mol. The minimum absolute atomic E-state index is 0.305. The van der Waals surface area contributed by atoms with Crippen molar-refractivity contribution in [2.24, 2.45) is 0 Å². The second-order valence-electron chi connectivity index (χ2n) is 4.83. The van der Waals surface area contributed by atoms with Crippen molar-refractivity contribution in [3.8, 4) is 0 Å². The Morgan fingerprint density at radius 3 is 2.73 bits per heavy atom. The summed E-state index contributed by atoms with van der Waals surface area (Å²) in [5.74, 6) is -0.722. The predicted octanol–water partition coefficient (Wildman–Crippen LogP) is 2.57. The SMILES string of the molecule is CCNc1nc(C(=O)N[C@H](C)[C@@H](O)c2ccc(F)cc2)cs1. The van der Waals surface area contributed by atoms with E-state index in [1.54, 1.807) is 12.3 Å². The minimum atomic E-state index is -0.920. The summed E-state index contributed by atoms with van der Waals surface area (Å²) >= 11 is 1.35. The van der Waals surface area contributed by atoms with Gasteiger partial charge in [-0.3, -0.25) is 4.79 Å². The van der Waals surface area contributed by atoms with Crippen molar-refractivity contribution in [1.29, 1.82) is 0 Å². The van der Waals surface area contributed by atoms with Gasteiger partial charge in [0, 0.05) is 11.9 Å². The van der Waals surface area contributed by atoms with Gasteiger partial charge in [-0.25, -0.2) is 9.37 Å². The number of aromatic nitrogens is 1. The van der Waals surface area contributed by atoms with Crippen LogP contribution in [-0.2, 0) is 0 Å². The Morgan fingerprint density at radius 1 is 1.41 bits per heavy atom. The predicted molar refractivity (Wildman–Crippen MR) is 84.6 cm³/mol. The van der Waals surface area contributed by atoms with E-state index in [9.17, 15) is 14.3 Å². The van der Waals surface area contributed by atoms with Gasteiger partial charge in [-0.15, -0.1) is 11.3 Å².